The van der Waals surface area contributed by atoms with Gasteiger partial charge in [0.15, 0.2) is 0 Å². The SMILES string of the molecule is CC1CCC(CCNS(=O)(=O)N2CCC(CN)CC2)CC1. The standard InChI is InChI=1S/C15H31N3O2S/c1-13-2-4-14(5-3-13)6-9-17-21(19,20)18-10-7-15(12-16)8-11-18/h13-15,17H,2-12,16H2,1H3. The van der Waals surface area contributed by atoms with Crippen molar-refractivity contribution in [2.24, 2.45) is 23.5 Å². The summed E-state index contributed by atoms with van der Waals surface area (Å²) >= 11 is 0. The largest absolute Gasteiger partial charge is 0.330 e. The second-order valence-corrected chi connectivity index (χ2v) is 8.65. The molecular weight excluding hydrogens is 286 g/mol. The molecule has 0 bridgehead atoms. The molecule has 124 valence electrons. The zero-order valence-corrected chi connectivity index (χ0v) is 14.1. The third-order valence-electron chi connectivity index (χ3n) is 5.22. The maximum Gasteiger partial charge on any atom is 0.279 e. The van der Waals surface area contributed by atoms with Gasteiger partial charge < -0.3 is 5.73 Å². The number of nitrogens with two attached hydrogens (primary N) is 1. The lowest BCUT2D eigenvalue weighted by Gasteiger charge is -2.31. The van der Waals surface area contributed by atoms with E-state index >= 15 is 0 Å². The molecule has 1 heterocycles. The van der Waals surface area contributed by atoms with E-state index in [9.17, 15) is 8.42 Å². The third-order valence-corrected chi connectivity index (χ3v) is 6.83. The Hall–Kier alpha value is -0.170. The van der Waals surface area contributed by atoms with Crippen molar-refractivity contribution in [1.29, 1.82) is 0 Å². The van der Waals surface area contributed by atoms with Crippen molar-refractivity contribution in [2.75, 3.05) is 26.2 Å². The fraction of sp³-hybridized carbons (Fsp3) is 1.00. The Labute approximate surface area is 129 Å². The van der Waals surface area contributed by atoms with Gasteiger partial charge in [0.05, 0.1) is 0 Å². The van der Waals surface area contributed by atoms with Crippen LogP contribution in [0.5, 0.6) is 0 Å². The molecule has 3 N–H and O–H groups in total. The van der Waals surface area contributed by atoms with E-state index in [0.717, 1.165) is 25.2 Å². The Bertz CT molecular complexity index is 397. The first-order valence-electron chi connectivity index (χ1n) is 8.46. The van der Waals surface area contributed by atoms with Crippen LogP contribution in [0.4, 0.5) is 0 Å². The fourth-order valence-corrected chi connectivity index (χ4v) is 4.74. The summed E-state index contributed by atoms with van der Waals surface area (Å²) in [6, 6.07) is 0. The highest BCUT2D eigenvalue weighted by molar-refractivity contribution is 7.87. The van der Waals surface area contributed by atoms with Crippen LogP contribution >= 0.6 is 0 Å². The molecule has 0 radical (unpaired) electrons. The molecule has 5 nitrogen and oxygen atoms in total. The summed E-state index contributed by atoms with van der Waals surface area (Å²) in [5.41, 5.74) is 5.65. The normalized spacial score (nSPS) is 29.6. The summed E-state index contributed by atoms with van der Waals surface area (Å²) in [4.78, 5) is 0. The van der Waals surface area contributed by atoms with E-state index in [4.69, 9.17) is 5.73 Å². The first-order valence-corrected chi connectivity index (χ1v) is 9.90. The molecular formula is C15H31N3O2S. The van der Waals surface area contributed by atoms with Crippen molar-refractivity contribution in [3.8, 4) is 0 Å². The Morgan fingerprint density at radius 2 is 1.67 bits per heavy atom. The Balaban J connectivity index is 1.69. The van der Waals surface area contributed by atoms with E-state index in [0.29, 0.717) is 38.0 Å². The van der Waals surface area contributed by atoms with Crippen molar-refractivity contribution in [1.82, 2.24) is 9.03 Å². The van der Waals surface area contributed by atoms with Gasteiger partial charge in [0.1, 0.15) is 0 Å². The summed E-state index contributed by atoms with van der Waals surface area (Å²) in [5, 5.41) is 0. The molecule has 1 aliphatic heterocycles. The predicted octanol–water partition coefficient (Wildman–Crippen LogP) is 1.71. The van der Waals surface area contributed by atoms with Gasteiger partial charge in [0, 0.05) is 19.6 Å². The molecule has 0 amide bonds. The molecule has 0 aromatic carbocycles. The molecule has 0 atom stereocenters. The minimum absolute atomic E-state index is 0.487. The zero-order chi connectivity index (χ0) is 15.3. The Morgan fingerprint density at radius 3 is 2.24 bits per heavy atom. The van der Waals surface area contributed by atoms with E-state index in [1.54, 1.807) is 4.31 Å². The highest BCUT2D eigenvalue weighted by Gasteiger charge is 2.27. The molecule has 1 aliphatic carbocycles. The predicted molar refractivity (Wildman–Crippen MR) is 86.0 cm³/mol. The van der Waals surface area contributed by atoms with Gasteiger partial charge in [-0.05, 0) is 43.6 Å². The van der Waals surface area contributed by atoms with Crippen LogP contribution in [0.3, 0.4) is 0 Å². The van der Waals surface area contributed by atoms with Gasteiger partial charge in [-0.15, -0.1) is 0 Å². The van der Waals surface area contributed by atoms with Gasteiger partial charge in [-0.3, -0.25) is 0 Å². The van der Waals surface area contributed by atoms with E-state index in [1.807, 2.05) is 0 Å². The van der Waals surface area contributed by atoms with Crippen LogP contribution in [0.2, 0.25) is 0 Å². The zero-order valence-electron chi connectivity index (χ0n) is 13.3. The molecule has 2 fully saturated rings. The molecule has 1 saturated carbocycles. The number of piperidine rings is 1. The summed E-state index contributed by atoms with van der Waals surface area (Å²) in [5.74, 6) is 2.04. The van der Waals surface area contributed by atoms with Gasteiger partial charge in [-0.1, -0.05) is 32.6 Å². The number of rotatable bonds is 6. The monoisotopic (exact) mass is 317 g/mol. The lowest BCUT2D eigenvalue weighted by molar-refractivity contribution is 0.269. The molecule has 6 heteroatoms. The van der Waals surface area contributed by atoms with E-state index in [1.165, 1.54) is 25.7 Å². The van der Waals surface area contributed by atoms with Crippen LogP contribution < -0.4 is 10.5 Å². The molecule has 2 rings (SSSR count). The number of hydrogen-bond donors (Lipinski definition) is 2. The van der Waals surface area contributed by atoms with Crippen LogP contribution in [-0.4, -0.2) is 38.9 Å². The highest BCUT2D eigenvalue weighted by Crippen LogP contribution is 2.30. The second-order valence-electron chi connectivity index (χ2n) is 6.89. The van der Waals surface area contributed by atoms with Gasteiger partial charge in [0.2, 0.25) is 0 Å². The average Bonchev–Trinajstić information content (AvgIpc) is 2.49. The maximum absolute atomic E-state index is 12.3. The van der Waals surface area contributed by atoms with Gasteiger partial charge >= 0.3 is 0 Å². The number of hydrogen-bond acceptors (Lipinski definition) is 3. The van der Waals surface area contributed by atoms with Crippen LogP contribution in [0.1, 0.15) is 51.9 Å². The lowest BCUT2D eigenvalue weighted by Crippen LogP contribution is -2.46. The van der Waals surface area contributed by atoms with Gasteiger partial charge in [0.25, 0.3) is 10.2 Å². The third kappa shape index (κ3) is 5.20. The lowest BCUT2D eigenvalue weighted by atomic mass is 9.81. The topological polar surface area (TPSA) is 75.4 Å². The smallest absolute Gasteiger partial charge is 0.279 e. The van der Waals surface area contributed by atoms with Crippen molar-refractivity contribution in [3.63, 3.8) is 0 Å². The van der Waals surface area contributed by atoms with E-state index in [2.05, 4.69) is 11.6 Å². The molecule has 1 saturated heterocycles. The van der Waals surface area contributed by atoms with E-state index in [-0.39, 0.29) is 0 Å². The fourth-order valence-electron chi connectivity index (χ4n) is 3.49. The van der Waals surface area contributed by atoms with Crippen LogP contribution in [-0.2, 0) is 10.2 Å². The first-order chi connectivity index (χ1) is 10.0. The number of nitrogens with zero attached hydrogens (tertiary/aromatic N) is 1. The van der Waals surface area contributed by atoms with Crippen LogP contribution in [0.25, 0.3) is 0 Å². The van der Waals surface area contributed by atoms with Crippen molar-refractivity contribution in [2.45, 2.75) is 51.9 Å². The highest BCUT2D eigenvalue weighted by atomic mass is 32.2. The average molecular weight is 317 g/mol. The second kappa shape index (κ2) is 7.90. The molecule has 0 unspecified atom stereocenters. The summed E-state index contributed by atoms with van der Waals surface area (Å²) in [7, 11) is -3.28. The van der Waals surface area contributed by atoms with Crippen molar-refractivity contribution >= 4 is 10.2 Å². The minimum Gasteiger partial charge on any atom is -0.330 e. The summed E-state index contributed by atoms with van der Waals surface area (Å²) in [6.07, 6.45) is 7.85. The van der Waals surface area contributed by atoms with Crippen LogP contribution in [0, 0.1) is 17.8 Å². The van der Waals surface area contributed by atoms with Gasteiger partial charge in [-0.25, -0.2) is 4.72 Å². The minimum atomic E-state index is -3.28. The van der Waals surface area contributed by atoms with Crippen LogP contribution in [0.15, 0.2) is 0 Å². The molecule has 0 aromatic heterocycles. The summed E-state index contributed by atoms with van der Waals surface area (Å²) < 4.78 is 28.9. The molecule has 0 spiro atoms. The molecule has 0 aromatic rings. The molecule has 21 heavy (non-hydrogen) atoms. The first kappa shape index (κ1) is 17.2. The Morgan fingerprint density at radius 1 is 1.05 bits per heavy atom. The van der Waals surface area contributed by atoms with Crippen molar-refractivity contribution in [3.05, 3.63) is 0 Å². The Kier molecular flexibility index (Phi) is 6.47. The quantitative estimate of drug-likeness (QED) is 0.783. The summed E-state index contributed by atoms with van der Waals surface area (Å²) in [6.45, 7) is 4.78. The molecule has 2 aliphatic rings. The maximum atomic E-state index is 12.3. The van der Waals surface area contributed by atoms with Gasteiger partial charge in [-0.2, -0.15) is 12.7 Å². The van der Waals surface area contributed by atoms with Crippen molar-refractivity contribution < 1.29 is 8.42 Å². The van der Waals surface area contributed by atoms with E-state index < -0.39 is 10.2 Å². The number of nitrogens with one attached hydrogen (secondary N) is 1.